The van der Waals surface area contributed by atoms with Gasteiger partial charge in [-0.05, 0) is 37.0 Å². The van der Waals surface area contributed by atoms with Gasteiger partial charge in [-0.15, -0.1) is 0 Å². The molecule has 0 bridgehead atoms. The topological polar surface area (TPSA) is 17.1 Å². The van der Waals surface area contributed by atoms with Crippen molar-refractivity contribution in [2.24, 2.45) is 23.7 Å². The number of aldehydes is 1. The van der Waals surface area contributed by atoms with E-state index in [9.17, 15) is 4.79 Å². The van der Waals surface area contributed by atoms with Crippen LogP contribution in [-0.4, -0.2) is 6.29 Å². The maximum absolute atomic E-state index is 10.6. The Morgan fingerprint density at radius 1 is 1.33 bits per heavy atom. The lowest BCUT2D eigenvalue weighted by molar-refractivity contribution is -0.113. The van der Waals surface area contributed by atoms with E-state index >= 15 is 0 Å². The van der Waals surface area contributed by atoms with Gasteiger partial charge in [0.05, 0.1) is 0 Å². The van der Waals surface area contributed by atoms with Gasteiger partial charge in [0.25, 0.3) is 0 Å². The number of carbonyl (C=O) groups excluding carboxylic acids is 1. The van der Waals surface area contributed by atoms with Crippen LogP contribution in [-0.2, 0) is 4.79 Å². The van der Waals surface area contributed by atoms with E-state index in [4.69, 9.17) is 0 Å². The first-order valence-corrected chi connectivity index (χ1v) is 5.10. The van der Waals surface area contributed by atoms with Gasteiger partial charge in [-0.25, -0.2) is 0 Å². The summed E-state index contributed by atoms with van der Waals surface area (Å²) in [5.41, 5.74) is 0. The van der Waals surface area contributed by atoms with Crippen LogP contribution in [0.4, 0.5) is 0 Å². The van der Waals surface area contributed by atoms with Crippen molar-refractivity contribution in [3.8, 4) is 0 Å². The van der Waals surface area contributed by atoms with Crippen LogP contribution in [0.2, 0.25) is 0 Å². The van der Waals surface area contributed by atoms with Crippen molar-refractivity contribution in [1.29, 1.82) is 0 Å². The second-order valence-electron chi connectivity index (χ2n) is 4.59. The van der Waals surface area contributed by atoms with E-state index in [0.29, 0.717) is 11.8 Å². The molecule has 0 aromatic carbocycles. The summed E-state index contributed by atoms with van der Waals surface area (Å²) < 4.78 is 0. The van der Waals surface area contributed by atoms with E-state index < -0.39 is 0 Å². The van der Waals surface area contributed by atoms with E-state index in [1.807, 2.05) is 0 Å². The van der Waals surface area contributed by atoms with Crippen LogP contribution in [0.25, 0.3) is 0 Å². The number of hydrogen-bond acceptors (Lipinski definition) is 1. The van der Waals surface area contributed by atoms with Gasteiger partial charge < -0.3 is 4.79 Å². The van der Waals surface area contributed by atoms with Crippen LogP contribution in [0.1, 0.15) is 40.0 Å². The maximum Gasteiger partial charge on any atom is 0.123 e. The number of hydrogen-bond donors (Lipinski definition) is 0. The molecule has 70 valence electrons. The minimum atomic E-state index is 0.347. The van der Waals surface area contributed by atoms with Crippen LogP contribution in [0.3, 0.4) is 0 Å². The Bertz CT molecular complexity index is 151. The Morgan fingerprint density at radius 3 is 2.42 bits per heavy atom. The molecule has 0 N–H and O–H groups in total. The van der Waals surface area contributed by atoms with Crippen LogP contribution in [0.5, 0.6) is 0 Å². The van der Waals surface area contributed by atoms with Crippen molar-refractivity contribution < 1.29 is 4.79 Å². The van der Waals surface area contributed by atoms with Crippen LogP contribution < -0.4 is 0 Å². The molecule has 1 nitrogen and oxygen atoms in total. The van der Waals surface area contributed by atoms with E-state index in [-0.39, 0.29) is 0 Å². The Labute approximate surface area is 75.5 Å². The fraction of sp³-hybridized carbons (Fsp3) is 0.909. The fourth-order valence-corrected chi connectivity index (χ4v) is 2.27. The molecule has 0 amide bonds. The van der Waals surface area contributed by atoms with Gasteiger partial charge in [0.15, 0.2) is 0 Å². The highest BCUT2D eigenvalue weighted by Gasteiger charge is 2.28. The van der Waals surface area contributed by atoms with Gasteiger partial charge in [0, 0.05) is 5.92 Å². The molecule has 3 atom stereocenters. The van der Waals surface area contributed by atoms with Gasteiger partial charge >= 0.3 is 0 Å². The summed E-state index contributed by atoms with van der Waals surface area (Å²) in [5, 5.41) is 0. The zero-order chi connectivity index (χ0) is 9.14. The van der Waals surface area contributed by atoms with Crippen LogP contribution in [0, 0.1) is 23.7 Å². The summed E-state index contributed by atoms with van der Waals surface area (Å²) in [6.45, 7) is 6.80. The van der Waals surface area contributed by atoms with E-state index in [1.165, 1.54) is 12.8 Å². The summed E-state index contributed by atoms with van der Waals surface area (Å²) in [5.74, 6) is 2.61. The maximum atomic E-state index is 10.6. The molecule has 3 unspecified atom stereocenters. The van der Waals surface area contributed by atoms with Crippen molar-refractivity contribution in [1.82, 2.24) is 0 Å². The largest absolute Gasteiger partial charge is 0.303 e. The second kappa shape index (κ2) is 4.06. The Morgan fingerprint density at radius 2 is 2.00 bits per heavy atom. The van der Waals surface area contributed by atoms with Gasteiger partial charge in [-0.2, -0.15) is 0 Å². The Hall–Kier alpha value is -0.330. The third-order valence-electron chi connectivity index (χ3n) is 3.39. The average Bonchev–Trinajstić information content (AvgIpc) is 2.04. The molecule has 0 aromatic heterocycles. The molecule has 1 saturated carbocycles. The van der Waals surface area contributed by atoms with Crippen molar-refractivity contribution in [3.63, 3.8) is 0 Å². The standard InChI is InChI=1S/C11H20O/c1-8(2)10-4-5-11(7-12)9(3)6-10/h7-11H,4-6H2,1-3H3. The first kappa shape index (κ1) is 9.76. The minimum Gasteiger partial charge on any atom is -0.303 e. The minimum absolute atomic E-state index is 0.347. The third-order valence-corrected chi connectivity index (χ3v) is 3.39. The van der Waals surface area contributed by atoms with Crippen LogP contribution >= 0.6 is 0 Å². The van der Waals surface area contributed by atoms with Gasteiger partial charge in [-0.3, -0.25) is 0 Å². The summed E-state index contributed by atoms with van der Waals surface area (Å²) >= 11 is 0. The summed E-state index contributed by atoms with van der Waals surface area (Å²) in [6.07, 6.45) is 4.78. The predicted molar refractivity (Wildman–Crippen MR) is 50.9 cm³/mol. The lowest BCUT2D eigenvalue weighted by Gasteiger charge is -2.33. The predicted octanol–water partition coefficient (Wildman–Crippen LogP) is 2.89. The number of rotatable bonds is 2. The Kier molecular flexibility index (Phi) is 3.30. The smallest absolute Gasteiger partial charge is 0.123 e. The molecule has 12 heavy (non-hydrogen) atoms. The van der Waals surface area contributed by atoms with Gasteiger partial charge in [-0.1, -0.05) is 20.8 Å². The molecule has 1 aliphatic rings. The zero-order valence-electron chi connectivity index (χ0n) is 8.42. The molecular weight excluding hydrogens is 148 g/mol. The van der Waals surface area contributed by atoms with E-state index in [0.717, 1.165) is 24.5 Å². The van der Waals surface area contributed by atoms with E-state index in [1.54, 1.807) is 0 Å². The summed E-state index contributed by atoms with van der Waals surface area (Å²) in [6, 6.07) is 0. The van der Waals surface area contributed by atoms with E-state index in [2.05, 4.69) is 20.8 Å². The normalized spacial score (nSPS) is 36.8. The van der Waals surface area contributed by atoms with Crippen molar-refractivity contribution in [3.05, 3.63) is 0 Å². The molecule has 1 rings (SSSR count). The van der Waals surface area contributed by atoms with Crippen molar-refractivity contribution >= 4 is 6.29 Å². The molecule has 1 heteroatoms. The quantitative estimate of drug-likeness (QED) is 0.579. The van der Waals surface area contributed by atoms with Gasteiger partial charge in [0.1, 0.15) is 6.29 Å². The fourth-order valence-electron chi connectivity index (χ4n) is 2.27. The molecular formula is C11H20O. The average molecular weight is 168 g/mol. The molecule has 0 saturated heterocycles. The monoisotopic (exact) mass is 168 g/mol. The second-order valence-corrected chi connectivity index (χ2v) is 4.59. The highest BCUT2D eigenvalue weighted by Crippen LogP contribution is 2.36. The molecule has 0 aliphatic heterocycles. The molecule has 1 fully saturated rings. The lowest BCUT2D eigenvalue weighted by Crippen LogP contribution is -2.26. The first-order chi connectivity index (χ1) is 5.65. The molecule has 0 heterocycles. The van der Waals surface area contributed by atoms with Crippen molar-refractivity contribution in [2.45, 2.75) is 40.0 Å². The summed E-state index contributed by atoms with van der Waals surface area (Å²) in [4.78, 5) is 10.6. The first-order valence-electron chi connectivity index (χ1n) is 5.10. The SMILES string of the molecule is CC(C)C1CCC(C=O)C(C)C1. The molecule has 0 spiro atoms. The lowest BCUT2D eigenvalue weighted by atomic mass is 9.72. The van der Waals surface area contributed by atoms with Crippen molar-refractivity contribution in [2.75, 3.05) is 0 Å². The van der Waals surface area contributed by atoms with Gasteiger partial charge in [0.2, 0.25) is 0 Å². The summed E-state index contributed by atoms with van der Waals surface area (Å²) in [7, 11) is 0. The third kappa shape index (κ3) is 2.09. The Balaban J connectivity index is 2.45. The molecule has 0 radical (unpaired) electrons. The van der Waals surface area contributed by atoms with Crippen LogP contribution in [0.15, 0.2) is 0 Å². The molecule has 1 aliphatic carbocycles. The highest BCUT2D eigenvalue weighted by atomic mass is 16.1. The zero-order valence-corrected chi connectivity index (χ0v) is 8.42. The highest BCUT2D eigenvalue weighted by molar-refractivity contribution is 5.54. The number of carbonyl (C=O) groups is 1. The molecule has 0 aromatic rings.